The summed E-state index contributed by atoms with van der Waals surface area (Å²) in [5.74, 6) is 0. The molecular weight excluding hydrogens is 1120 g/mol. The van der Waals surface area contributed by atoms with E-state index in [0.29, 0.717) is 0 Å². The number of halogens is 25. The van der Waals surface area contributed by atoms with Crippen LogP contribution in [0.25, 0.3) is 11.3 Å². The third-order valence-electron chi connectivity index (χ3n) is 11.7. The summed E-state index contributed by atoms with van der Waals surface area (Å²) in [6.07, 6.45) is -52.7. The fraction of sp³-hybridized carbons (Fsp3) is 0.180. The molecule has 1 heterocycles. The Balaban J connectivity index is 0.000000397. The first-order valence-electron chi connectivity index (χ1n) is 21.2. The average Bonchev–Trinajstić information content (AvgIpc) is 3.30. The summed E-state index contributed by atoms with van der Waals surface area (Å²) in [7, 11) is 0. The third kappa shape index (κ3) is 13.8. The standard InChI is InChI=1S/C32H12BF24.C18H15ClN/c34-25(35,36)13-1-14(26(37,38)39)6-21(5-13)33(22-7-15(27(40,41)42)2-16(8-22)28(43,44)45,23-9-17(29(46,47)48)3-18(10-23)30(49,50)51)24-11-19(31(52,53)54)4-20(12-24)32(55,56)57;19-17-10-6-9-16(13-17)18-11-4-5-12-20(18)14-15-7-2-1-3-8-15/h1-12H;1-13H,14H2/q-1;+1. The minimum Gasteiger partial charge on any atom is -0.194 e. The maximum Gasteiger partial charge on any atom is 0.416 e. The van der Waals surface area contributed by atoms with Gasteiger partial charge in [-0.15, -0.1) is 0 Å². The molecule has 7 aromatic rings. The molecule has 0 unspecified atom stereocenters. The molecule has 6 aromatic carbocycles. The van der Waals surface area contributed by atoms with E-state index in [1.807, 2.05) is 24.3 Å². The molecule has 0 fully saturated rings. The van der Waals surface area contributed by atoms with Gasteiger partial charge in [-0.25, -0.2) is 0 Å². The minimum absolute atomic E-state index is 0.691. The van der Waals surface area contributed by atoms with Crippen LogP contribution in [0.5, 0.6) is 0 Å². The van der Waals surface area contributed by atoms with Gasteiger partial charge in [-0.2, -0.15) is 132 Å². The molecule has 0 aliphatic rings. The Labute approximate surface area is 422 Å². The number of pyridine rings is 1. The Morgan fingerprint density at radius 2 is 0.597 bits per heavy atom. The van der Waals surface area contributed by atoms with E-state index in [-0.39, 0.29) is 0 Å². The number of alkyl halides is 24. The van der Waals surface area contributed by atoms with Crippen LogP contribution in [-0.4, -0.2) is 6.15 Å². The van der Waals surface area contributed by atoms with Crippen molar-refractivity contribution < 1.29 is 110 Å². The smallest absolute Gasteiger partial charge is 0.194 e. The van der Waals surface area contributed by atoms with Gasteiger partial charge >= 0.3 is 49.4 Å². The van der Waals surface area contributed by atoms with Crippen molar-refractivity contribution in [3.05, 3.63) is 207 Å². The molecule has 0 spiro atoms. The van der Waals surface area contributed by atoms with E-state index in [0.717, 1.165) is 17.1 Å². The van der Waals surface area contributed by atoms with Gasteiger partial charge in [-0.05, 0) is 48.5 Å². The summed E-state index contributed by atoms with van der Waals surface area (Å²) in [6, 6.07) is 15.8. The van der Waals surface area contributed by atoms with E-state index >= 15 is 0 Å². The number of aromatic nitrogens is 1. The second kappa shape index (κ2) is 20.8. The van der Waals surface area contributed by atoms with Gasteiger partial charge in [-0.3, -0.25) is 0 Å². The molecule has 0 saturated heterocycles. The molecule has 0 N–H and O–H groups in total. The van der Waals surface area contributed by atoms with Crippen molar-refractivity contribution in [1.82, 2.24) is 0 Å². The highest BCUT2D eigenvalue weighted by Crippen LogP contribution is 2.41. The number of nitrogens with zero attached hydrogens (tertiary/aromatic N) is 1. The fourth-order valence-corrected chi connectivity index (χ4v) is 8.57. The number of rotatable bonds is 7. The molecule has 77 heavy (non-hydrogen) atoms. The Morgan fingerprint density at radius 1 is 0.312 bits per heavy atom. The van der Waals surface area contributed by atoms with Crippen LogP contribution in [-0.2, 0) is 56.0 Å². The van der Waals surface area contributed by atoms with Crippen LogP contribution in [0, 0.1) is 0 Å². The molecule has 0 aliphatic carbocycles. The first kappa shape index (κ1) is 59.4. The normalized spacial score (nSPS) is 13.3. The summed E-state index contributed by atoms with van der Waals surface area (Å²) in [5, 5.41) is 0.762. The lowest BCUT2D eigenvalue weighted by Crippen LogP contribution is -2.75. The van der Waals surface area contributed by atoms with Gasteiger partial charge in [0.25, 0.3) is 0 Å². The lowest BCUT2D eigenvalue weighted by molar-refractivity contribution is -0.677. The highest BCUT2D eigenvalue weighted by Gasteiger charge is 2.47. The van der Waals surface area contributed by atoms with Gasteiger partial charge < -0.3 is 0 Å². The van der Waals surface area contributed by atoms with Crippen LogP contribution < -0.4 is 26.4 Å². The zero-order valence-electron chi connectivity index (χ0n) is 37.6. The van der Waals surface area contributed by atoms with Crippen molar-refractivity contribution in [2.75, 3.05) is 0 Å². The van der Waals surface area contributed by atoms with Crippen LogP contribution >= 0.6 is 11.6 Å². The van der Waals surface area contributed by atoms with E-state index in [1.165, 1.54) is 11.3 Å². The van der Waals surface area contributed by atoms with E-state index in [2.05, 4.69) is 59.3 Å². The second-order valence-corrected chi connectivity index (χ2v) is 17.4. The van der Waals surface area contributed by atoms with Crippen molar-refractivity contribution in [1.29, 1.82) is 0 Å². The zero-order chi connectivity index (χ0) is 57.7. The van der Waals surface area contributed by atoms with E-state index < -0.39 is 195 Å². The molecule has 7 rings (SSSR count). The molecule has 0 saturated carbocycles. The third-order valence-corrected chi connectivity index (χ3v) is 11.9. The van der Waals surface area contributed by atoms with Crippen LogP contribution in [0.1, 0.15) is 50.1 Å². The van der Waals surface area contributed by atoms with Gasteiger partial charge in [0.1, 0.15) is 6.15 Å². The van der Waals surface area contributed by atoms with Crippen molar-refractivity contribution in [3.8, 4) is 11.3 Å². The molecule has 1 nitrogen and oxygen atoms in total. The second-order valence-electron chi connectivity index (χ2n) is 16.9. The van der Waals surface area contributed by atoms with Gasteiger partial charge in [-0.1, -0.05) is 96.5 Å². The van der Waals surface area contributed by atoms with Crippen molar-refractivity contribution in [3.63, 3.8) is 0 Å². The van der Waals surface area contributed by atoms with Gasteiger partial charge in [0.2, 0.25) is 5.69 Å². The number of benzene rings is 6. The molecule has 0 radical (unpaired) electrons. The first-order chi connectivity index (χ1) is 35.1. The SMILES string of the molecule is Clc1cccc(-c2cccc[n+]2Cc2ccccc2)c1.FC(F)(F)c1cc([B-](c2cc(C(F)(F)F)cc(C(F)(F)F)c2)(c2cc(C(F)(F)F)cc(C(F)(F)F)c2)c2cc(C(F)(F)F)cc(C(F)(F)F)c2)cc(C(F)(F)F)c1. The van der Waals surface area contributed by atoms with Crippen LogP contribution in [0.15, 0.2) is 152 Å². The molecule has 27 heteroatoms. The number of hydrogen-bond acceptors (Lipinski definition) is 0. The molecule has 0 amide bonds. The van der Waals surface area contributed by atoms with E-state index in [9.17, 15) is 105 Å². The minimum atomic E-state index is -6.13. The summed E-state index contributed by atoms with van der Waals surface area (Å²) in [6.45, 7) is 0.851. The monoisotopic (exact) mass is 1140 g/mol. The summed E-state index contributed by atoms with van der Waals surface area (Å²) < 4.78 is 343. The molecule has 1 aromatic heterocycles. The average molecular weight is 1140 g/mol. The Kier molecular flexibility index (Phi) is 16.1. The van der Waals surface area contributed by atoms with Crippen LogP contribution in [0.3, 0.4) is 0 Å². The highest BCUT2D eigenvalue weighted by atomic mass is 35.5. The summed E-state index contributed by atoms with van der Waals surface area (Å²) in [5.41, 5.74) is -26.6. The zero-order valence-corrected chi connectivity index (χ0v) is 38.4. The van der Waals surface area contributed by atoms with Crippen LogP contribution in [0.2, 0.25) is 5.02 Å². The van der Waals surface area contributed by atoms with Crippen molar-refractivity contribution in [2.24, 2.45) is 0 Å². The maximum atomic E-state index is 14.2. The summed E-state index contributed by atoms with van der Waals surface area (Å²) in [4.78, 5) is 0. The Bertz CT molecular complexity index is 2800. The fourth-order valence-electron chi connectivity index (χ4n) is 8.37. The molecule has 0 bridgehead atoms. The predicted molar refractivity (Wildman–Crippen MR) is 233 cm³/mol. The molecular formula is C50H27BClF24N. The largest absolute Gasteiger partial charge is 0.416 e. The lowest BCUT2D eigenvalue weighted by Gasteiger charge is -2.46. The van der Waals surface area contributed by atoms with Gasteiger partial charge in [0.05, 0.1) is 44.5 Å². The van der Waals surface area contributed by atoms with E-state index in [4.69, 9.17) is 11.6 Å². The number of hydrogen-bond donors (Lipinski definition) is 0. The Morgan fingerprint density at radius 3 is 0.870 bits per heavy atom. The summed E-state index contributed by atoms with van der Waals surface area (Å²) >= 11 is 6.10. The predicted octanol–water partition coefficient (Wildman–Crippen LogP) is 15.6. The first-order valence-corrected chi connectivity index (χ1v) is 21.6. The van der Waals surface area contributed by atoms with Crippen molar-refractivity contribution in [2.45, 2.75) is 56.0 Å². The quantitative estimate of drug-likeness (QED) is 0.0851. The van der Waals surface area contributed by atoms with Gasteiger partial charge in [0.15, 0.2) is 12.7 Å². The van der Waals surface area contributed by atoms with Crippen LogP contribution in [0.4, 0.5) is 105 Å². The highest BCUT2D eigenvalue weighted by molar-refractivity contribution is 7.20. The molecule has 0 aliphatic heterocycles. The topological polar surface area (TPSA) is 3.88 Å². The Hall–Kier alpha value is -6.86. The van der Waals surface area contributed by atoms with Crippen molar-refractivity contribution >= 4 is 39.6 Å². The lowest BCUT2D eigenvalue weighted by atomic mass is 9.12. The molecule has 0 atom stereocenters. The molecule has 410 valence electrons. The van der Waals surface area contributed by atoms with Gasteiger partial charge in [0, 0.05) is 28.3 Å². The maximum absolute atomic E-state index is 14.2. The van der Waals surface area contributed by atoms with E-state index in [1.54, 1.807) is 0 Å².